The SMILES string of the molecule is COc1ccc(O)c(C(=O)N2CCC(O)C2)c1. The molecule has 0 aromatic heterocycles. The Bertz CT molecular complexity index is 433. The minimum absolute atomic E-state index is 0.0720. The van der Waals surface area contributed by atoms with Crippen molar-refractivity contribution in [3.8, 4) is 11.5 Å². The van der Waals surface area contributed by atoms with E-state index in [1.165, 1.54) is 24.1 Å². The topological polar surface area (TPSA) is 70.0 Å². The lowest BCUT2D eigenvalue weighted by Crippen LogP contribution is -2.29. The lowest BCUT2D eigenvalue weighted by molar-refractivity contribution is 0.0761. The van der Waals surface area contributed by atoms with Crippen LogP contribution in [0.5, 0.6) is 11.5 Å². The smallest absolute Gasteiger partial charge is 0.257 e. The summed E-state index contributed by atoms with van der Waals surface area (Å²) >= 11 is 0. The first-order valence-corrected chi connectivity index (χ1v) is 5.46. The highest BCUT2D eigenvalue weighted by molar-refractivity contribution is 5.97. The number of carbonyl (C=O) groups is 1. The van der Waals surface area contributed by atoms with Gasteiger partial charge in [0.1, 0.15) is 11.5 Å². The second-order valence-corrected chi connectivity index (χ2v) is 4.08. The van der Waals surface area contributed by atoms with Crippen molar-refractivity contribution in [1.82, 2.24) is 4.90 Å². The van der Waals surface area contributed by atoms with E-state index in [4.69, 9.17) is 4.74 Å². The normalized spacial score (nSPS) is 19.4. The highest BCUT2D eigenvalue weighted by Gasteiger charge is 2.27. The summed E-state index contributed by atoms with van der Waals surface area (Å²) < 4.78 is 5.01. The Morgan fingerprint density at radius 2 is 2.29 bits per heavy atom. The molecule has 5 heteroatoms. The first-order chi connectivity index (χ1) is 8.11. The predicted octanol–water partition coefficient (Wildman–Crippen LogP) is 0.608. The number of phenolic OH excluding ortho intramolecular Hbond substituents is 1. The largest absolute Gasteiger partial charge is 0.507 e. The molecule has 1 heterocycles. The van der Waals surface area contributed by atoms with Crippen LogP contribution in [0.1, 0.15) is 16.8 Å². The fourth-order valence-corrected chi connectivity index (χ4v) is 1.91. The van der Waals surface area contributed by atoms with Crippen LogP contribution in [-0.2, 0) is 0 Å². The summed E-state index contributed by atoms with van der Waals surface area (Å²) in [5, 5.41) is 19.0. The average molecular weight is 237 g/mol. The molecule has 92 valence electrons. The summed E-state index contributed by atoms with van der Waals surface area (Å²) in [5.74, 6) is 0.168. The summed E-state index contributed by atoms with van der Waals surface area (Å²) in [7, 11) is 1.50. The van der Waals surface area contributed by atoms with E-state index in [1.54, 1.807) is 6.07 Å². The number of benzene rings is 1. The van der Waals surface area contributed by atoms with Crippen LogP contribution < -0.4 is 4.74 Å². The standard InChI is InChI=1S/C12H15NO4/c1-17-9-2-3-11(15)10(6-9)12(16)13-5-4-8(14)7-13/h2-3,6,8,14-15H,4-5,7H2,1H3. The highest BCUT2D eigenvalue weighted by atomic mass is 16.5. The van der Waals surface area contributed by atoms with E-state index in [2.05, 4.69) is 0 Å². The highest BCUT2D eigenvalue weighted by Crippen LogP contribution is 2.25. The van der Waals surface area contributed by atoms with Gasteiger partial charge in [0.05, 0.1) is 18.8 Å². The molecule has 1 aliphatic heterocycles. The summed E-state index contributed by atoms with van der Waals surface area (Å²) in [6.07, 6.45) is 0.114. The predicted molar refractivity (Wildman–Crippen MR) is 61.2 cm³/mol. The molecule has 5 nitrogen and oxygen atoms in total. The van der Waals surface area contributed by atoms with E-state index in [-0.39, 0.29) is 17.2 Å². The number of hydrogen-bond acceptors (Lipinski definition) is 4. The molecule has 0 bridgehead atoms. The van der Waals surface area contributed by atoms with E-state index >= 15 is 0 Å². The van der Waals surface area contributed by atoms with Gasteiger partial charge in [-0.15, -0.1) is 0 Å². The van der Waals surface area contributed by atoms with Gasteiger partial charge in [-0.05, 0) is 24.6 Å². The molecule has 1 atom stereocenters. The fourth-order valence-electron chi connectivity index (χ4n) is 1.91. The van der Waals surface area contributed by atoms with E-state index in [1.807, 2.05) is 0 Å². The molecule has 2 N–H and O–H groups in total. The van der Waals surface area contributed by atoms with Gasteiger partial charge in [-0.2, -0.15) is 0 Å². The number of rotatable bonds is 2. The first-order valence-electron chi connectivity index (χ1n) is 5.46. The number of likely N-dealkylation sites (tertiary alicyclic amines) is 1. The molecule has 1 aromatic rings. The molecule has 1 fully saturated rings. The van der Waals surface area contributed by atoms with Gasteiger partial charge in [0, 0.05) is 13.1 Å². The zero-order valence-corrected chi connectivity index (χ0v) is 9.59. The monoisotopic (exact) mass is 237 g/mol. The molecule has 17 heavy (non-hydrogen) atoms. The second kappa shape index (κ2) is 4.63. The van der Waals surface area contributed by atoms with Gasteiger partial charge in [-0.3, -0.25) is 4.79 Å². The Morgan fingerprint density at radius 3 is 2.88 bits per heavy atom. The average Bonchev–Trinajstić information content (AvgIpc) is 2.76. The van der Waals surface area contributed by atoms with Gasteiger partial charge in [0.15, 0.2) is 0 Å². The minimum Gasteiger partial charge on any atom is -0.507 e. The number of aliphatic hydroxyl groups excluding tert-OH is 1. The quantitative estimate of drug-likeness (QED) is 0.790. The summed E-state index contributed by atoms with van der Waals surface area (Å²) in [6, 6.07) is 4.52. The maximum atomic E-state index is 12.1. The summed E-state index contributed by atoms with van der Waals surface area (Å²) in [4.78, 5) is 13.6. The van der Waals surface area contributed by atoms with E-state index in [0.717, 1.165) is 0 Å². The summed E-state index contributed by atoms with van der Waals surface area (Å²) in [5.41, 5.74) is 0.207. The van der Waals surface area contributed by atoms with Crippen molar-refractivity contribution in [2.45, 2.75) is 12.5 Å². The number of hydrogen-bond donors (Lipinski definition) is 2. The lowest BCUT2D eigenvalue weighted by atomic mass is 10.1. The van der Waals surface area contributed by atoms with Crippen LogP contribution in [0.15, 0.2) is 18.2 Å². The van der Waals surface area contributed by atoms with Crippen molar-refractivity contribution in [3.63, 3.8) is 0 Å². The Hall–Kier alpha value is -1.75. The van der Waals surface area contributed by atoms with Gasteiger partial charge in [-0.1, -0.05) is 0 Å². The molecule has 0 aliphatic carbocycles. The molecule has 0 radical (unpaired) electrons. The Morgan fingerprint density at radius 1 is 1.53 bits per heavy atom. The van der Waals surface area contributed by atoms with Gasteiger partial charge in [-0.25, -0.2) is 0 Å². The Balaban J connectivity index is 2.24. The van der Waals surface area contributed by atoms with Gasteiger partial charge in [0.2, 0.25) is 0 Å². The first kappa shape index (κ1) is 11.7. The third kappa shape index (κ3) is 2.34. The fraction of sp³-hybridized carbons (Fsp3) is 0.417. The second-order valence-electron chi connectivity index (χ2n) is 4.08. The van der Waals surface area contributed by atoms with Gasteiger partial charge in [0.25, 0.3) is 5.91 Å². The minimum atomic E-state index is -0.466. The number of carbonyl (C=O) groups excluding carboxylic acids is 1. The van der Waals surface area contributed by atoms with Crippen LogP contribution in [-0.4, -0.2) is 47.3 Å². The maximum absolute atomic E-state index is 12.1. The molecule has 1 unspecified atom stereocenters. The van der Waals surface area contributed by atoms with E-state index in [9.17, 15) is 15.0 Å². The molecule has 1 saturated heterocycles. The van der Waals surface area contributed by atoms with Crippen LogP contribution in [0.2, 0.25) is 0 Å². The molecule has 1 aliphatic rings. The van der Waals surface area contributed by atoms with Crippen molar-refractivity contribution in [2.24, 2.45) is 0 Å². The summed E-state index contributed by atoms with van der Waals surface area (Å²) in [6.45, 7) is 0.826. The molecule has 0 saturated carbocycles. The molecular weight excluding hydrogens is 222 g/mol. The molecular formula is C12H15NO4. The molecule has 2 rings (SSSR count). The van der Waals surface area contributed by atoms with Crippen molar-refractivity contribution >= 4 is 5.91 Å². The van der Waals surface area contributed by atoms with Crippen molar-refractivity contribution in [2.75, 3.05) is 20.2 Å². The number of amides is 1. The maximum Gasteiger partial charge on any atom is 0.257 e. The Kier molecular flexibility index (Phi) is 3.19. The van der Waals surface area contributed by atoms with Gasteiger partial charge >= 0.3 is 0 Å². The number of β-amino-alcohol motifs (C(OH)–C–C–N with tert-alkyl or cyclic N) is 1. The van der Waals surface area contributed by atoms with E-state index < -0.39 is 6.10 Å². The third-order valence-electron chi connectivity index (χ3n) is 2.88. The number of aliphatic hydroxyl groups is 1. The zero-order valence-electron chi connectivity index (χ0n) is 9.59. The Labute approximate surface area is 99.2 Å². The van der Waals surface area contributed by atoms with Crippen molar-refractivity contribution in [1.29, 1.82) is 0 Å². The number of nitrogens with zero attached hydrogens (tertiary/aromatic N) is 1. The van der Waals surface area contributed by atoms with Crippen LogP contribution in [0.3, 0.4) is 0 Å². The lowest BCUT2D eigenvalue weighted by Gasteiger charge is -2.16. The molecule has 1 amide bonds. The van der Waals surface area contributed by atoms with Crippen LogP contribution >= 0.6 is 0 Å². The molecule has 1 aromatic carbocycles. The number of methoxy groups -OCH3 is 1. The van der Waals surface area contributed by atoms with Crippen LogP contribution in [0.25, 0.3) is 0 Å². The number of phenols is 1. The number of ether oxygens (including phenoxy) is 1. The number of aromatic hydroxyl groups is 1. The third-order valence-corrected chi connectivity index (χ3v) is 2.88. The van der Waals surface area contributed by atoms with Crippen LogP contribution in [0, 0.1) is 0 Å². The van der Waals surface area contributed by atoms with Gasteiger partial charge < -0.3 is 19.8 Å². The van der Waals surface area contributed by atoms with Crippen molar-refractivity contribution in [3.05, 3.63) is 23.8 Å². The van der Waals surface area contributed by atoms with Crippen LogP contribution in [0.4, 0.5) is 0 Å². The van der Waals surface area contributed by atoms with Crippen molar-refractivity contribution < 1.29 is 19.7 Å². The zero-order chi connectivity index (χ0) is 12.4. The van der Waals surface area contributed by atoms with E-state index in [0.29, 0.717) is 25.3 Å². The molecule has 0 spiro atoms.